The Morgan fingerprint density at radius 2 is 1.78 bits per heavy atom. The molecule has 0 spiro atoms. The van der Waals surface area contributed by atoms with E-state index in [-0.39, 0.29) is 16.0 Å². The van der Waals surface area contributed by atoms with Crippen LogP contribution in [0.1, 0.15) is 45.7 Å². The molecule has 0 saturated carbocycles. The molecule has 0 amide bonds. The Morgan fingerprint density at radius 3 is 2.17 bits per heavy atom. The van der Waals surface area contributed by atoms with Gasteiger partial charge in [0.2, 0.25) is 0 Å². The SMILES string of the molecule is CC(C)(C)c1ccc(C(C)(C)C#N)cc1[N+](=O)[O-]. The lowest BCUT2D eigenvalue weighted by Crippen LogP contribution is -2.18. The molecule has 0 unspecified atom stereocenters. The lowest BCUT2D eigenvalue weighted by molar-refractivity contribution is -0.386. The van der Waals surface area contributed by atoms with Crippen molar-refractivity contribution in [2.24, 2.45) is 0 Å². The monoisotopic (exact) mass is 246 g/mol. The summed E-state index contributed by atoms with van der Waals surface area (Å²) in [5.74, 6) is 0. The van der Waals surface area contributed by atoms with Gasteiger partial charge in [0.25, 0.3) is 5.69 Å². The summed E-state index contributed by atoms with van der Waals surface area (Å²) < 4.78 is 0. The van der Waals surface area contributed by atoms with Crippen LogP contribution in [0.3, 0.4) is 0 Å². The van der Waals surface area contributed by atoms with Crippen LogP contribution in [0.4, 0.5) is 5.69 Å². The van der Waals surface area contributed by atoms with Crippen LogP contribution in [0.25, 0.3) is 0 Å². The van der Waals surface area contributed by atoms with E-state index in [4.69, 9.17) is 5.26 Å². The van der Waals surface area contributed by atoms with Gasteiger partial charge in [-0.15, -0.1) is 0 Å². The minimum absolute atomic E-state index is 0.0864. The van der Waals surface area contributed by atoms with Crippen LogP contribution in [-0.4, -0.2) is 4.92 Å². The lowest BCUT2D eigenvalue weighted by atomic mass is 9.81. The van der Waals surface area contributed by atoms with Crippen LogP contribution in [0.2, 0.25) is 0 Å². The Morgan fingerprint density at radius 1 is 1.22 bits per heavy atom. The zero-order valence-corrected chi connectivity index (χ0v) is 11.4. The number of benzene rings is 1. The summed E-state index contributed by atoms with van der Waals surface area (Å²) in [5, 5.41) is 20.2. The summed E-state index contributed by atoms with van der Waals surface area (Å²) >= 11 is 0. The third-order valence-corrected chi connectivity index (χ3v) is 3.00. The minimum atomic E-state index is -0.721. The van der Waals surface area contributed by atoms with Gasteiger partial charge in [0.1, 0.15) is 0 Å². The molecular weight excluding hydrogens is 228 g/mol. The van der Waals surface area contributed by atoms with Gasteiger partial charge in [0.05, 0.1) is 16.4 Å². The van der Waals surface area contributed by atoms with E-state index in [9.17, 15) is 10.1 Å². The van der Waals surface area contributed by atoms with Crippen LogP contribution in [0.5, 0.6) is 0 Å². The molecule has 1 aromatic carbocycles. The van der Waals surface area contributed by atoms with Gasteiger partial charge < -0.3 is 0 Å². The fourth-order valence-electron chi connectivity index (χ4n) is 1.77. The molecule has 0 atom stereocenters. The van der Waals surface area contributed by atoms with Gasteiger partial charge in [-0.1, -0.05) is 32.9 Å². The average molecular weight is 246 g/mol. The maximum Gasteiger partial charge on any atom is 0.273 e. The smallest absolute Gasteiger partial charge is 0.258 e. The molecule has 4 nitrogen and oxygen atoms in total. The summed E-state index contributed by atoms with van der Waals surface area (Å²) in [4.78, 5) is 10.8. The van der Waals surface area contributed by atoms with Crippen LogP contribution < -0.4 is 0 Å². The van der Waals surface area contributed by atoms with Gasteiger partial charge in [0, 0.05) is 11.6 Å². The fraction of sp³-hybridized carbons (Fsp3) is 0.500. The molecule has 1 aromatic rings. The number of nitro benzene ring substituents is 1. The Kier molecular flexibility index (Phi) is 3.47. The van der Waals surface area contributed by atoms with Crippen LogP contribution in [-0.2, 0) is 10.8 Å². The van der Waals surface area contributed by atoms with Gasteiger partial charge in [-0.3, -0.25) is 10.1 Å². The second-order valence-corrected chi connectivity index (χ2v) is 5.98. The van der Waals surface area contributed by atoms with Gasteiger partial charge in [-0.25, -0.2) is 0 Å². The number of hydrogen-bond acceptors (Lipinski definition) is 3. The molecule has 0 aliphatic rings. The molecule has 0 aromatic heterocycles. The summed E-state index contributed by atoms with van der Waals surface area (Å²) in [6, 6.07) is 7.24. The molecule has 0 aliphatic carbocycles. The molecule has 0 fully saturated rings. The highest BCUT2D eigenvalue weighted by molar-refractivity contribution is 5.49. The molecule has 4 heteroatoms. The van der Waals surface area contributed by atoms with Crippen molar-refractivity contribution in [3.63, 3.8) is 0 Å². The van der Waals surface area contributed by atoms with Gasteiger partial charge in [-0.2, -0.15) is 5.26 Å². The molecule has 1 rings (SSSR count). The summed E-state index contributed by atoms with van der Waals surface area (Å²) in [7, 11) is 0. The molecule has 0 N–H and O–H groups in total. The summed E-state index contributed by atoms with van der Waals surface area (Å²) in [5.41, 5.74) is 0.428. The maximum absolute atomic E-state index is 11.2. The van der Waals surface area contributed by atoms with Crippen molar-refractivity contribution in [2.75, 3.05) is 0 Å². The highest BCUT2D eigenvalue weighted by Crippen LogP contribution is 2.34. The summed E-state index contributed by atoms with van der Waals surface area (Å²) in [6.07, 6.45) is 0. The first-order valence-corrected chi connectivity index (χ1v) is 5.80. The van der Waals surface area contributed by atoms with Crippen molar-refractivity contribution >= 4 is 5.69 Å². The Hall–Kier alpha value is -1.89. The molecular formula is C14H18N2O2. The molecule has 96 valence electrons. The fourth-order valence-corrected chi connectivity index (χ4v) is 1.77. The van der Waals surface area contributed by atoms with E-state index in [0.29, 0.717) is 11.1 Å². The third kappa shape index (κ3) is 2.67. The largest absolute Gasteiger partial charge is 0.273 e. The number of nitriles is 1. The Balaban J connectivity index is 3.48. The number of nitrogens with zero attached hydrogens (tertiary/aromatic N) is 2. The molecule has 0 radical (unpaired) electrons. The van der Waals surface area contributed by atoms with E-state index in [2.05, 4.69) is 6.07 Å². The van der Waals surface area contributed by atoms with Crippen molar-refractivity contribution in [3.05, 3.63) is 39.4 Å². The molecule has 0 bridgehead atoms. The molecule has 0 aliphatic heterocycles. The third-order valence-electron chi connectivity index (χ3n) is 3.00. The topological polar surface area (TPSA) is 66.9 Å². The van der Waals surface area contributed by atoms with E-state index in [1.807, 2.05) is 20.8 Å². The maximum atomic E-state index is 11.2. The predicted molar refractivity (Wildman–Crippen MR) is 70.4 cm³/mol. The standard InChI is InChI=1S/C14H18N2O2/c1-13(2,3)11-7-6-10(14(4,5)9-15)8-12(11)16(17)18/h6-8H,1-5H3. The lowest BCUT2D eigenvalue weighted by Gasteiger charge is -2.21. The first-order valence-electron chi connectivity index (χ1n) is 5.80. The van der Waals surface area contributed by atoms with E-state index < -0.39 is 5.41 Å². The average Bonchev–Trinajstić information content (AvgIpc) is 2.27. The second kappa shape index (κ2) is 4.41. The van der Waals surface area contributed by atoms with Crippen LogP contribution >= 0.6 is 0 Å². The van der Waals surface area contributed by atoms with Crippen molar-refractivity contribution in [2.45, 2.75) is 45.4 Å². The van der Waals surface area contributed by atoms with Crippen LogP contribution in [0.15, 0.2) is 18.2 Å². The number of rotatable bonds is 2. The first kappa shape index (κ1) is 14.2. The number of hydrogen-bond donors (Lipinski definition) is 0. The molecule has 0 saturated heterocycles. The predicted octanol–water partition coefficient (Wildman–Crippen LogP) is 3.69. The second-order valence-electron chi connectivity index (χ2n) is 5.98. The van der Waals surface area contributed by atoms with E-state index in [0.717, 1.165) is 0 Å². The zero-order valence-electron chi connectivity index (χ0n) is 11.4. The van der Waals surface area contributed by atoms with Crippen molar-refractivity contribution in [3.8, 4) is 6.07 Å². The number of nitro groups is 1. The molecule has 0 heterocycles. The van der Waals surface area contributed by atoms with E-state index >= 15 is 0 Å². The first-order chi connectivity index (χ1) is 8.09. The van der Waals surface area contributed by atoms with Crippen molar-refractivity contribution < 1.29 is 4.92 Å². The van der Waals surface area contributed by atoms with Crippen LogP contribution in [0, 0.1) is 21.4 Å². The highest BCUT2D eigenvalue weighted by atomic mass is 16.6. The highest BCUT2D eigenvalue weighted by Gasteiger charge is 2.28. The summed E-state index contributed by atoms with van der Waals surface area (Å²) in [6.45, 7) is 9.31. The quantitative estimate of drug-likeness (QED) is 0.590. The Labute approximate surface area is 107 Å². The minimum Gasteiger partial charge on any atom is -0.258 e. The van der Waals surface area contributed by atoms with Gasteiger partial charge >= 0.3 is 0 Å². The van der Waals surface area contributed by atoms with Crippen molar-refractivity contribution in [1.29, 1.82) is 5.26 Å². The Bertz CT molecular complexity index is 520. The van der Waals surface area contributed by atoms with Gasteiger partial charge in [-0.05, 0) is 24.8 Å². The zero-order chi connectivity index (χ0) is 14.1. The van der Waals surface area contributed by atoms with E-state index in [1.54, 1.807) is 26.0 Å². The normalized spacial score (nSPS) is 12.0. The van der Waals surface area contributed by atoms with E-state index in [1.165, 1.54) is 6.07 Å². The van der Waals surface area contributed by atoms with Crippen molar-refractivity contribution in [1.82, 2.24) is 0 Å². The van der Waals surface area contributed by atoms with Gasteiger partial charge in [0.15, 0.2) is 0 Å². The molecule has 18 heavy (non-hydrogen) atoms.